The Morgan fingerprint density at radius 1 is 1.00 bits per heavy atom. The van der Waals surface area contributed by atoms with Crippen molar-refractivity contribution in [2.75, 3.05) is 11.9 Å². The van der Waals surface area contributed by atoms with Crippen molar-refractivity contribution < 1.29 is 23.9 Å². The van der Waals surface area contributed by atoms with Crippen molar-refractivity contribution in [2.24, 2.45) is 0 Å². The summed E-state index contributed by atoms with van der Waals surface area (Å²) >= 11 is 6.00. The van der Waals surface area contributed by atoms with E-state index in [0.29, 0.717) is 15.3 Å². The van der Waals surface area contributed by atoms with Crippen LogP contribution in [0, 0.1) is 5.21 Å². The molecular formula is C21H15ClN2O5. The van der Waals surface area contributed by atoms with Crippen LogP contribution >= 0.6 is 11.6 Å². The van der Waals surface area contributed by atoms with E-state index in [1.165, 1.54) is 36.4 Å². The summed E-state index contributed by atoms with van der Waals surface area (Å²) in [4.78, 5) is 36.9. The van der Waals surface area contributed by atoms with Crippen molar-refractivity contribution in [3.05, 3.63) is 100.0 Å². The summed E-state index contributed by atoms with van der Waals surface area (Å²) in [6.07, 6.45) is 1.14. The molecule has 1 amide bonds. The number of ether oxygens (including phenoxy) is 1. The van der Waals surface area contributed by atoms with E-state index in [0.717, 1.165) is 6.20 Å². The van der Waals surface area contributed by atoms with Gasteiger partial charge in [0.1, 0.15) is 0 Å². The number of anilines is 1. The lowest BCUT2D eigenvalue weighted by Gasteiger charge is -2.11. The molecule has 0 radical (unpaired) electrons. The number of aromatic nitrogens is 1. The number of pyridine rings is 1. The lowest BCUT2D eigenvalue weighted by atomic mass is 10.0. The zero-order valence-electron chi connectivity index (χ0n) is 15.0. The van der Waals surface area contributed by atoms with Gasteiger partial charge in [-0.25, -0.2) is 4.79 Å². The number of amides is 1. The highest BCUT2D eigenvalue weighted by atomic mass is 35.5. The first-order valence-electron chi connectivity index (χ1n) is 8.50. The molecule has 29 heavy (non-hydrogen) atoms. The van der Waals surface area contributed by atoms with E-state index in [4.69, 9.17) is 16.3 Å². The zero-order valence-corrected chi connectivity index (χ0v) is 15.8. The number of nitrogens with one attached hydrogen (secondary N) is 1. The van der Waals surface area contributed by atoms with Crippen LogP contribution in [-0.2, 0) is 9.53 Å². The molecule has 0 unspecified atom stereocenters. The molecule has 1 N–H and O–H groups in total. The third-order valence-corrected chi connectivity index (χ3v) is 4.14. The van der Waals surface area contributed by atoms with Crippen LogP contribution in [0.25, 0.3) is 0 Å². The number of halogens is 1. The number of benzene rings is 2. The minimum Gasteiger partial charge on any atom is -0.618 e. The first-order chi connectivity index (χ1) is 14.0. The molecule has 3 aromatic rings. The normalized spacial score (nSPS) is 10.2. The fourth-order valence-corrected chi connectivity index (χ4v) is 2.71. The van der Waals surface area contributed by atoms with E-state index in [1.807, 2.05) is 0 Å². The minimum absolute atomic E-state index is 0.198. The predicted octanol–water partition coefficient (Wildman–Crippen LogP) is 3.00. The summed E-state index contributed by atoms with van der Waals surface area (Å²) in [5, 5.41) is 14.4. The van der Waals surface area contributed by atoms with Crippen LogP contribution < -0.4 is 10.0 Å². The Balaban J connectivity index is 1.71. The van der Waals surface area contributed by atoms with E-state index in [-0.39, 0.29) is 22.7 Å². The molecule has 0 saturated carbocycles. The summed E-state index contributed by atoms with van der Waals surface area (Å²) in [7, 11) is 0. The average molecular weight is 411 g/mol. The number of hydrogen-bond acceptors (Lipinski definition) is 5. The van der Waals surface area contributed by atoms with Crippen molar-refractivity contribution >= 4 is 34.9 Å². The van der Waals surface area contributed by atoms with Crippen molar-refractivity contribution in [1.29, 1.82) is 0 Å². The molecule has 7 nitrogen and oxygen atoms in total. The van der Waals surface area contributed by atoms with Crippen LogP contribution in [0.15, 0.2) is 72.9 Å². The van der Waals surface area contributed by atoms with Gasteiger partial charge in [0.05, 0.1) is 5.69 Å². The molecule has 0 aliphatic heterocycles. The van der Waals surface area contributed by atoms with Crippen molar-refractivity contribution in [1.82, 2.24) is 0 Å². The molecule has 146 valence electrons. The van der Waals surface area contributed by atoms with E-state index in [9.17, 15) is 19.6 Å². The standard InChI is InChI=1S/C21H15ClN2O5/c22-15-9-10-17(16(12-15)20(26)14-6-2-1-3-7-14)23-19(25)13-29-21(27)18-8-4-5-11-24(18)28/h1-12H,13H2,(H,23,25). The summed E-state index contributed by atoms with van der Waals surface area (Å²) in [5.41, 5.74) is 0.610. The van der Waals surface area contributed by atoms with Crippen molar-refractivity contribution in [3.8, 4) is 0 Å². The van der Waals surface area contributed by atoms with Crippen LogP contribution in [0.1, 0.15) is 26.4 Å². The van der Waals surface area contributed by atoms with Gasteiger partial charge in [-0.15, -0.1) is 0 Å². The highest BCUT2D eigenvalue weighted by Crippen LogP contribution is 2.23. The van der Waals surface area contributed by atoms with Crippen LogP contribution in [0.4, 0.5) is 5.69 Å². The summed E-state index contributed by atoms with van der Waals surface area (Å²) in [6.45, 7) is -0.630. The molecule has 3 rings (SSSR count). The van der Waals surface area contributed by atoms with E-state index < -0.39 is 18.5 Å². The highest BCUT2D eigenvalue weighted by molar-refractivity contribution is 6.31. The molecule has 0 spiro atoms. The van der Waals surface area contributed by atoms with Gasteiger partial charge in [0.25, 0.3) is 5.91 Å². The maximum absolute atomic E-state index is 12.8. The van der Waals surface area contributed by atoms with Gasteiger partial charge < -0.3 is 15.3 Å². The quantitative estimate of drug-likeness (QED) is 0.291. The Morgan fingerprint density at radius 3 is 2.45 bits per heavy atom. The van der Waals surface area contributed by atoms with Gasteiger partial charge in [0, 0.05) is 28.3 Å². The zero-order chi connectivity index (χ0) is 20.8. The molecule has 0 aliphatic rings. The topological polar surface area (TPSA) is 99.4 Å². The Morgan fingerprint density at radius 2 is 1.72 bits per heavy atom. The number of rotatable bonds is 6. The number of nitrogens with zero attached hydrogens (tertiary/aromatic N) is 1. The molecule has 0 bridgehead atoms. The van der Waals surface area contributed by atoms with Gasteiger partial charge in [-0.1, -0.05) is 41.9 Å². The molecule has 8 heteroatoms. The third kappa shape index (κ3) is 4.97. The lowest BCUT2D eigenvalue weighted by Crippen LogP contribution is -2.35. The fraction of sp³-hybridized carbons (Fsp3) is 0.0476. The molecular weight excluding hydrogens is 396 g/mol. The average Bonchev–Trinajstić information content (AvgIpc) is 2.73. The van der Waals surface area contributed by atoms with Gasteiger partial charge in [-0.3, -0.25) is 9.59 Å². The number of carbonyl (C=O) groups is 3. The first kappa shape index (κ1) is 20.0. The maximum Gasteiger partial charge on any atom is 0.405 e. The van der Waals surface area contributed by atoms with Gasteiger partial charge in [-0.2, -0.15) is 4.73 Å². The Labute approximate surface area is 171 Å². The maximum atomic E-state index is 12.8. The second-order valence-corrected chi connectivity index (χ2v) is 6.36. The van der Waals surface area contributed by atoms with Crippen LogP contribution in [0.3, 0.4) is 0 Å². The SMILES string of the molecule is O=C(COC(=O)c1cccc[n+]1[O-])Nc1ccc(Cl)cc1C(=O)c1ccccc1. The molecule has 2 aromatic carbocycles. The first-order valence-corrected chi connectivity index (χ1v) is 8.88. The minimum atomic E-state index is -0.938. The third-order valence-electron chi connectivity index (χ3n) is 3.90. The summed E-state index contributed by atoms with van der Waals surface area (Å²) in [6, 6.07) is 17.2. The Hall–Kier alpha value is -3.71. The molecule has 0 fully saturated rings. The second kappa shape index (κ2) is 8.99. The van der Waals surface area contributed by atoms with Gasteiger partial charge >= 0.3 is 11.7 Å². The largest absolute Gasteiger partial charge is 0.618 e. The summed E-state index contributed by atoms with van der Waals surface area (Å²) < 4.78 is 5.21. The Bertz CT molecular complexity index is 1070. The smallest absolute Gasteiger partial charge is 0.405 e. The summed E-state index contributed by atoms with van der Waals surface area (Å²) in [5.74, 6) is -1.93. The fourth-order valence-electron chi connectivity index (χ4n) is 2.54. The molecule has 0 aliphatic carbocycles. The van der Waals surface area contributed by atoms with Gasteiger partial charge in [0.15, 0.2) is 18.6 Å². The molecule has 0 saturated heterocycles. The lowest BCUT2D eigenvalue weighted by molar-refractivity contribution is -0.608. The van der Waals surface area contributed by atoms with Crippen molar-refractivity contribution in [3.63, 3.8) is 0 Å². The Kier molecular flexibility index (Phi) is 6.21. The number of esters is 1. The number of hydrogen-bond donors (Lipinski definition) is 1. The van der Waals surface area contributed by atoms with E-state index in [1.54, 1.807) is 30.3 Å². The van der Waals surface area contributed by atoms with Crippen LogP contribution in [0.2, 0.25) is 5.02 Å². The van der Waals surface area contributed by atoms with Gasteiger partial charge in [0.2, 0.25) is 0 Å². The van der Waals surface area contributed by atoms with Gasteiger partial charge in [-0.05, 0) is 24.3 Å². The second-order valence-electron chi connectivity index (χ2n) is 5.92. The van der Waals surface area contributed by atoms with E-state index in [2.05, 4.69) is 5.32 Å². The predicted molar refractivity (Wildman–Crippen MR) is 106 cm³/mol. The van der Waals surface area contributed by atoms with Crippen LogP contribution in [-0.4, -0.2) is 24.3 Å². The monoisotopic (exact) mass is 410 g/mol. The van der Waals surface area contributed by atoms with E-state index >= 15 is 0 Å². The van der Waals surface area contributed by atoms with Crippen molar-refractivity contribution in [2.45, 2.75) is 0 Å². The number of carbonyl (C=O) groups excluding carboxylic acids is 3. The molecule has 1 heterocycles. The molecule has 1 aromatic heterocycles. The highest BCUT2D eigenvalue weighted by Gasteiger charge is 2.20. The van der Waals surface area contributed by atoms with Crippen LogP contribution in [0.5, 0.6) is 0 Å². The molecule has 0 atom stereocenters. The number of ketones is 1.